The smallest absolute Gasteiger partial charge is 0.231 e. The van der Waals surface area contributed by atoms with Crippen LogP contribution in [0.25, 0.3) is 11.1 Å². The Morgan fingerprint density at radius 1 is 0.806 bits per heavy atom. The number of halogens is 4. The van der Waals surface area contributed by atoms with Gasteiger partial charge in [-0.3, -0.25) is 14.5 Å². The molecular weight excluding hydrogens is 520 g/mol. The van der Waals surface area contributed by atoms with Crippen LogP contribution in [-0.2, 0) is 16.0 Å². The fourth-order valence-corrected chi connectivity index (χ4v) is 5.86. The Kier molecular flexibility index (Phi) is 8.39. The second-order valence-electron chi connectivity index (χ2n) is 8.80. The van der Waals surface area contributed by atoms with Crippen molar-refractivity contribution in [2.45, 2.75) is 58.3 Å². The van der Waals surface area contributed by atoms with E-state index in [4.69, 9.17) is 34.8 Å². The second kappa shape index (κ2) is 11.3. The Labute approximate surface area is 226 Å². The Balaban J connectivity index is 0.00000148. The van der Waals surface area contributed by atoms with Crippen LogP contribution in [0.4, 0.5) is 15.8 Å². The number of carbonyl (C=O) groups is 2. The van der Waals surface area contributed by atoms with Gasteiger partial charge < -0.3 is 0 Å². The molecule has 2 aliphatic rings. The van der Waals surface area contributed by atoms with Gasteiger partial charge in [0, 0.05) is 24.8 Å². The third-order valence-electron chi connectivity index (χ3n) is 6.73. The molecule has 0 N–H and O–H groups in total. The summed E-state index contributed by atoms with van der Waals surface area (Å²) >= 11 is 19.5. The van der Waals surface area contributed by atoms with Crippen LogP contribution in [0.5, 0.6) is 0 Å². The average Bonchev–Trinajstić information content (AvgIpc) is 2.86. The predicted octanol–water partition coefficient (Wildman–Crippen LogP) is 9.32. The fraction of sp³-hybridized carbons (Fsp3) is 0.310. The van der Waals surface area contributed by atoms with Crippen molar-refractivity contribution in [2.75, 3.05) is 4.90 Å². The van der Waals surface area contributed by atoms with Crippen LogP contribution in [0.2, 0.25) is 15.1 Å². The Bertz CT molecular complexity index is 1290. The summed E-state index contributed by atoms with van der Waals surface area (Å²) < 4.78 is 13.8. The van der Waals surface area contributed by atoms with E-state index in [2.05, 4.69) is 6.07 Å². The van der Waals surface area contributed by atoms with E-state index in [9.17, 15) is 14.0 Å². The lowest BCUT2D eigenvalue weighted by Crippen LogP contribution is -2.32. The van der Waals surface area contributed by atoms with E-state index < -0.39 is 5.82 Å². The molecular formula is C29H27Cl3FNO2. The number of hydrogen-bond acceptors (Lipinski definition) is 2. The number of anilines is 2. The maximum absolute atomic E-state index is 13.8. The van der Waals surface area contributed by atoms with Gasteiger partial charge in [-0.2, -0.15) is 0 Å². The number of carbonyl (C=O) groups excluding carboxylic acids is 2. The molecule has 3 nitrogen and oxygen atoms in total. The molecule has 1 fully saturated rings. The van der Waals surface area contributed by atoms with Crippen LogP contribution in [0.1, 0.15) is 63.0 Å². The number of amides is 1. The minimum Gasteiger partial charge on any atom is -0.300 e. The molecule has 1 heterocycles. The molecule has 0 unspecified atom stereocenters. The second-order valence-corrected chi connectivity index (χ2v) is 10.0. The zero-order valence-corrected chi connectivity index (χ0v) is 22.5. The third kappa shape index (κ3) is 5.18. The Hall–Kier alpha value is -2.40. The number of rotatable bonds is 3. The summed E-state index contributed by atoms with van der Waals surface area (Å²) in [6.07, 6.45) is 3.35. The zero-order valence-electron chi connectivity index (χ0n) is 20.2. The highest BCUT2D eigenvalue weighted by molar-refractivity contribution is 6.40. The lowest BCUT2D eigenvalue weighted by molar-refractivity contribution is -0.120. The molecule has 36 heavy (non-hydrogen) atoms. The van der Waals surface area contributed by atoms with E-state index in [1.807, 2.05) is 19.9 Å². The normalized spacial score (nSPS) is 15.9. The Morgan fingerprint density at radius 3 is 2.11 bits per heavy atom. The first-order valence-corrected chi connectivity index (χ1v) is 13.4. The van der Waals surface area contributed by atoms with Gasteiger partial charge in [-0.05, 0) is 78.3 Å². The van der Waals surface area contributed by atoms with Gasteiger partial charge in [0.05, 0.1) is 26.4 Å². The van der Waals surface area contributed by atoms with Crippen LogP contribution in [0.3, 0.4) is 0 Å². The molecule has 0 bridgehead atoms. The first-order chi connectivity index (χ1) is 17.3. The maximum Gasteiger partial charge on any atom is 0.231 e. The van der Waals surface area contributed by atoms with Gasteiger partial charge in [0.2, 0.25) is 5.91 Å². The lowest BCUT2D eigenvalue weighted by Gasteiger charge is -2.34. The van der Waals surface area contributed by atoms with E-state index in [1.54, 1.807) is 29.2 Å². The van der Waals surface area contributed by atoms with Crippen molar-refractivity contribution in [3.8, 4) is 11.1 Å². The van der Waals surface area contributed by atoms with Crippen molar-refractivity contribution in [3.05, 3.63) is 80.5 Å². The van der Waals surface area contributed by atoms with Gasteiger partial charge in [-0.1, -0.05) is 60.8 Å². The van der Waals surface area contributed by atoms with Crippen molar-refractivity contribution < 1.29 is 14.0 Å². The molecule has 3 aromatic carbocycles. The molecule has 3 aromatic rings. The summed E-state index contributed by atoms with van der Waals surface area (Å²) in [5.74, 6) is -0.0731. The number of Topliss-reactive ketones (excluding diaryl/α,β-unsaturated/α-hetero) is 1. The highest BCUT2D eigenvalue weighted by atomic mass is 35.5. The van der Waals surface area contributed by atoms with Gasteiger partial charge >= 0.3 is 0 Å². The van der Waals surface area contributed by atoms with Crippen LogP contribution in [0, 0.1) is 5.82 Å². The third-order valence-corrected chi connectivity index (χ3v) is 7.65. The molecule has 188 valence electrons. The van der Waals surface area contributed by atoms with Crippen molar-refractivity contribution in [2.24, 2.45) is 0 Å². The molecule has 0 atom stereocenters. The summed E-state index contributed by atoms with van der Waals surface area (Å²) in [5.41, 5.74) is 4.66. The summed E-state index contributed by atoms with van der Waals surface area (Å²) in [6.45, 7) is 4.00. The van der Waals surface area contributed by atoms with Crippen LogP contribution in [-0.4, -0.2) is 11.7 Å². The van der Waals surface area contributed by atoms with Crippen LogP contribution in [0.15, 0.2) is 48.5 Å². The number of nitrogens with zero attached hydrogens (tertiary/aromatic N) is 1. The summed E-state index contributed by atoms with van der Waals surface area (Å²) in [4.78, 5) is 26.7. The minimum atomic E-state index is -0.413. The predicted molar refractivity (Wildman–Crippen MR) is 146 cm³/mol. The molecule has 1 saturated carbocycles. The number of fused-ring (bicyclic) bond motifs is 1. The monoisotopic (exact) mass is 545 g/mol. The summed E-state index contributed by atoms with van der Waals surface area (Å²) in [6, 6.07) is 13.6. The van der Waals surface area contributed by atoms with Crippen molar-refractivity contribution in [3.63, 3.8) is 0 Å². The fourth-order valence-electron chi connectivity index (χ4n) is 5.02. The standard InChI is InChI=1S/C27H21Cl3FNO2.C2H6/c28-22-2-1-3-23(29)27(22)32-25-13-16(15-4-7-18(33)8-5-15)12-21(20(25)10-11-26(32)34)19-9-6-17(31)14-24(19)30;1-2/h1-3,6,9,12-15H,4-5,7-8,10-11H2;1-2H3. The molecule has 7 heteroatoms. The van der Waals surface area contributed by atoms with E-state index in [1.165, 1.54) is 12.1 Å². The molecule has 1 amide bonds. The van der Waals surface area contributed by atoms with Gasteiger partial charge in [0.25, 0.3) is 0 Å². The first kappa shape index (κ1) is 26.7. The van der Waals surface area contributed by atoms with E-state index in [0.29, 0.717) is 51.3 Å². The molecule has 0 aromatic heterocycles. The topological polar surface area (TPSA) is 37.4 Å². The van der Waals surface area contributed by atoms with Gasteiger partial charge in [0.15, 0.2) is 0 Å². The van der Waals surface area contributed by atoms with E-state index in [-0.39, 0.29) is 24.0 Å². The highest BCUT2D eigenvalue weighted by Crippen LogP contribution is 2.47. The van der Waals surface area contributed by atoms with Crippen LogP contribution < -0.4 is 4.90 Å². The molecule has 5 rings (SSSR count). The number of ketones is 1. The largest absolute Gasteiger partial charge is 0.300 e. The van der Waals surface area contributed by atoms with E-state index >= 15 is 0 Å². The molecule has 0 spiro atoms. The quantitative estimate of drug-likeness (QED) is 0.328. The molecule has 1 aliphatic heterocycles. The SMILES string of the molecule is CC.O=C1CCC(c2cc(-c3ccc(F)cc3Cl)c3c(c2)N(c2c(Cl)cccc2Cl)C(=O)CC3)CC1. The molecule has 1 aliphatic carbocycles. The minimum absolute atomic E-state index is 0.102. The van der Waals surface area contributed by atoms with Gasteiger partial charge in [-0.15, -0.1) is 0 Å². The maximum atomic E-state index is 13.8. The van der Waals surface area contributed by atoms with Crippen molar-refractivity contribution >= 4 is 57.9 Å². The van der Waals surface area contributed by atoms with Gasteiger partial charge in [-0.25, -0.2) is 4.39 Å². The summed E-state index contributed by atoms with van der Waals surface area (Å²) in [5, 5.41) is 1.06. The summed E-state index contributed by atoms with van der Waals surface area (Å²) in [7, 11) is 0. The number of hydrogen-bond donors (Lipinski definition) is 0. The van der Waals surface area contributed by atoms with Crippen molar-refractivity contribution in [1.29, 1.82) is 0 Å². The molecule has 0 radical (unpaired) electrons. The average molecular weight is 547 g/mol. The van der Waals surface area contributed by atoms with E-state index in [0.717, 1.165) is 29.5 Å². The van der Waals surface area contributed by atoms with Crippen LogP contribution >= 0.6 is 34.8 Å². The van der Waals surface area contributed by atoms with Crippen molar-refractivity contribution in [1.82, 2.24) is 0 Å². The van der Waals surface area contributed by atoms with Gasteiger partial charge in [0.1, 0.15) is 11.6 Å². The molecule has 0 saturated heterocycles. The zero-order chi connectivity index (χ0) is 26.0. The number of benzene rings is 3. The lowest BCUT2D eigenvalue weighted by atomic mass is 9.80. The Morgan fingerprint density at radius 2 is 1.47 bits per heavy atom. The first-order valence-electron chi connectivity index (χ1n) is 12.2. The number of para-hydroxylation sites is 1. The highest BCUT2D eigenvalue weighted by Gasteiger charge is 2.32.